The van der Waals surface area contributed by atoms with E-state index in [-0.39, 0.29) is 17.5 Å². The van der Waals surface area contributed by atoms with Crippen molar-refractivity contribution in [1.82, 2.24) is 0 Å². The fraction of sp³-hybridized carbons (Fsp3) is 0.133. The van der Waals surface area contributed by atoms with Crippen molar-refractivity contribution in [2.45, 2.75) is 4.90 Å². The standard InChI is InChI=1S/C15H13FN2O3S2/c1-23(20,21)17-11-4-7-13-14(8-11)22-9-15(19)18(13)12-5-2-10(16)3-6-12/h2-8,17H,9H2,1H3. The zero-order chi connectivity index (χ0) is 16.6. The van der Waals surface area contributed by atoms with Crippen molar-refractivity contribution in [1.29, 1.82) is 0 Å². The van der Waals surface area contributed by atoms with Crippen LogP contribution in [0, 0.1) is 5.82 Å². The second-order valence-corrected chi connectivity index (χ2v) is 7.82. The molecule has 0 spiro atoms. The summed E-state index contributed by atoms with van der Waals surface area (Å²) in [4.78, 5) is 14.5. The van der Waals surface area contributed by atoms with Crippen LogP contribution in [0.15, 0.2) is 47.4 Å². The minimum atomic E-state index is -3.37. The lowest BCUT2D eigenvalue weighted by Crippen LogP contribution is -2.31. The molecule has 1 aliphatic heterocycles. The molecule has 0 fully saturated rings. The van der Waals surface area contributed by atoms with E-state index >= 15 is 0 Å². The fourth-order valence-corrected chi connectivity index (χ4v) is 3.78. The largest absolute Gasteiger partial charge is 0.284 e. The number of amides is 1. The molecule has 0 radical (unpaired) electrons. The Labute approximate surface area is 137 Å². The highest BCUT2D eigenvalue weighted by molar-refractivity contribution is 8.00. The maximum Gasteiger partial charge on any atom is 0.241 e. The summed E-state index contributed by atoms with van der Waals surface area (Å²) >= 11 is 1.34. The van der Waals surface area contributed by atoms with E-state index in [1.807, 2.05) is 0 Å². The van der Waals surface area contributed by atoms with E-state index in [1.54, 1.807) is 18.2 Å². The highest BCUT2D eigenvalue weighted by atomic mass is 32.2. The average Bonchev–Trinajstić information content (AvgIpc) is 2.47. The molecule has 1 amide bonds. The van der Waals surface area contributed by atoms with Gasteiger partial charge in [-0.25, -0.2) is 12.8 Å². The molecule has 0 saturated heterocycles. The number of carbonyl (C=O) groups excluding carboxylic acids is 1. The van der Waals surface area contributed by atoms with Gasteiger partial charge in [-0.3, -0.25) is 14.4 Å². The molecular weight excluding hydrogens is 339 g/mol. The van der Waals surface area contributed by atoms with Crippen LogP contribution in [0.5, 0.6) is 0 Å². The van der Waals surface area contributed by atoms with Crippen molar-refractivity contribution >= 4 is 44.8 Å². The zero-order valence-corrected chi connectivity index (χ0v) is 13.7. The van der Waals surface area contributed by atoms with E-state index in [9.17, 15) is 17.6 Å². The molecular formula is C15H13FN2O3S2. The van der Waals surface area contributed by atoms with Crippen LogP contribution >= 0.6 is 11.8 Å². The molecule has 23 heavy (non-hydrogen) atoms. The van der Waals surface area contributed by atoms with Gasteiger partial charge < -0.3 is 0 Å². The molecule has 0 aromatic heterocycles. The SMILES string of the molecule is CS(=O)(=O)Nc1ccc2c(c1)SCC(=O)N2c1ccc(F)cc1. The summed E-state index contributed by atoms with van der Waals surface area (Å²) in [5.41, 5.74) is 1.66. The van der Waals surface area contributed by atoms with Crippen molar-refractivity contribution < 1.29 is 17.6 Å². The summed E-state index contributed by atoms with van der Waals surface area (Å²) in [5.74, 6) is -0.259. The molecule has 0 bridgehead atoms. The third kappa shape index (κ3) is 3.48. The zero-order valence-electron chi connectivity index (χ0n) is 12.1. The van der Waals surface area contributed by atoms with Gasteiger partial charge in [0.25, 0.3) is 0 Å². The Kier molecular flexibility index (Phi) is 4.03. The Bertz CT molecular complexity index is 867. The molecule has 1 aliphatic rings. The Morgan fingerprint density at radius 2 is 1.87 bits per heavy atom. The molecule has 1 N–H and O–H groups in total. The van der Waals surface area contributed by atoms with Gasteiger partial charge in [-0.05, 0) is 42.5 Å². The lowest BCUT2D eigenvalue weighted by Gasteiger charge is -2.29. The van der Waals surface area contributed by atoms with Gasteiger partial charge in [0.15, 0.2) is 0 Å². The number of thioether (sulfide) groups is 1. The Balaban J connectivity index is 2.02. The summed E-state index contributed by atoms with van der Waals surface area (Å²) in [6.45, 7) is 0. The highest BCUT2D eigenvalue weighted by Crippen LogP contribution is 2.41. The van der Waals surface area contributed by atoms with Crippen LogP contribution in [-0.2, 0) is 14.8 Å². The monoisotopic (exact) mass is 352 g/mol. The number of sulfonamides is 1. The predicted octanol–water partition coefficient (Wildman–Crippen LogP) is 2.97. The third-order valence-corrected chi connectivity index (χ3v) is 4.83. The number of benzene rings is 2. The summed E-state index contributed by atoms with van der Waals surface area (Å²) in [5, 5.41) is 0. The molecule has 120 valence electrons. The normalized spacial score (nSPS) is 14.5. The van der Waals surface area contributed by atoms with E-state index in [0.717, 1.165) is 11.2 Å². The number of rotatable bonds is 3. The first-order valence-corrected chi connectivity index (χ1v) is 9.54. The van der Waals surface area contributed by atoms with E-state index < -0.39 is 10.0 Å². The molecule has 3 rings (SSSR count). The van der Waals surface area contributed by atoms with Gasteiger partial charge >= 0.3 is 0 Å². The van der Waals surface area contributed by atoms with Crippen molar-refractivity contribution in [3.05, 3.63) is 48.3 Å². The van der Waals surface area contributed by atoms with Gasteiger partial charge in [0, 0.05) is 16.3 Å². The van der Waals surface area contributed by atoms with Gasteiger partial charge in [0.05, 0.1) is 17.7 Å². The lowest BCUT2D eigenvalue weighted by atomic mass is 10.2. The maximum absolute atomic E-state index is 13.1. The van der Waals surface area contributed by atoms with E-state index in [2.05, 4.69) is 4.72 Å². The molecule has 1 heterocycles. The molecule has 0 saturated carbocycles. The Hall–Kier alpha value is -2.06. The summed E-state index contributed by atoms with van der Waals surface area (Å²) < 4.78 is 38.1. The molecule has 2 aromatic carbocycles. The van der Waals surface area contributed by atoms with Crippen LogP contribution in [0.4, 0.5) is 21.5 Å². The third-order valence-electron chi connectivity index (χ3n) is 3.19. The van der Waals surface area contributed by atoms with Crippen molar-refractivity contribution in [3.63, 3.8) is 0 Å². The second kappa shape index (κ2) is 5.86. The average molecular weight is 352 g/mol. The number of fused-ring (bicyclic) bond motifs is 1. The number of carbonyl (C=O) groups is 1. The summed E-state index contributed by atoms with van der Waals surface area (Å²) in [6, 6.07) is 10.6. The number of anilines is 3. The molecule has 0 unspecified atom stereocenters. The minimum Gasteiger partial charge on any atom is -0.284 e. The first-order valence-electron chi connectivity index (χ1n) is 6.67. The summed E-state index contributed by atoms with van der Waals surface area (Å²) in [6.07, 6.45) is 1.08. The van der Waals surface area contributed by atoms with Crippen molar-refractivity contribution in [3.8, 4) is 0 Å². The Morgan fingerprint density at radius 3 is 2.52 bits per heavy atom. The van der Waals surface area contributed by atoms with Gasteiger partial charge in [0.1, 0.15) is 5.82 Å². The lowest BCUT2D eigenvalue weighted by molar-refractivity contribution is -0.115. The van der Waals surface area contributed by atoms with Crippen molar-refractivity contribution in [2.24, 2.45) is 0 Å². The maximum atomic E-state index is 13.1. The minimum absolute atomic E-state index is 0.113. The number of nitrogens with one attached hydrogen (secondary N) is 1. The van der Waals surface area contributed by atoms with Crippen LogP contribution in [0.1, 0.15) is 0 Å². The van der Waals surface area contributed by atoms with Crippen LogP contribution in [0.2, 0.25) is 0 Å². The smallest absolute Gasteiger partial charge is 0.241 e. The molecule has 0 atom stereocenters. The summed E-state index contributed by atoms with van der Waals surface area (Å²) in [7, 11) is -3.37. The molecule has 5 nitrogen and oxygen atoms in total. The highest BCUT2D eigenvalue weighted by Gasteiger charge is 2.26. The number of hydrogen-bond donors (Lipinski definition) is 1. The first kappa shape index (κ1) is 15.8. The predicted molar refractivity (Wildman–Crippen MR) is 89.2 cm³/mol. The van der Waals surface area contributed by atoms with Crippen LogP contribution in [-0.4, -0.2) is 26.3 Å². The van der Waals surface area contributed by atoms with Gasteiger partial charge in [-0.15, -0.1) is 11.8 Å². The molecule has 8 heteroatoms. The van der Waals surface area contributed by atoms with Gasteiger partial charge in [-0.1, -0.05) is 0 Å². The van der Waals surface area contributed by atoms with Crippen LogP contribution in [0.3, 0.4) is 0 Å². The fourth-order valence-electron chi connectivity index (χ4n) is 2.30. The number of halogens is 1. The second-order valence-electron chi connectivity index (χ2n) is 5.05. The van der Waals surface area contributed by atoms with E-state index in [1.165, 1.54) is 40.9 Å². The quantitative estimate of drug-likeness (QED) is 0.922. The first-order chi connectivity index (χ1) is 10.8. The number of hydrogen-bond acceptors (Lipinski definition) is 4. The topological polar surface area (TPSA) is 66.5 Å². The van der Waals surface area contributed by atoms with Crippen LogP contribution in [0.25, 0.3) is 0 Å². The number of nitrogens with zero attached hydrogens (tertiary/aromatic N) is 1. The van der Waals surface area contributed by atoms with E-state index in [4.69, 9.17) is 0 Å². The Morgan fingerprint density at radius 1 is 1.17 bits per heavy atom. The molecule has 0 aliphatic carbocycles. The van der Waals surface area contributed by atoms with Crippen LogP contribution < -0.4 is 9.62 Å². The molecule has 2 aromatic rings. The van der Waals surface area contributed by atoms with Crippen molar-refractivity contribution in [2.75, 3.05) is 21.6 Å². The van der Waals surface area contributed by atoms with Gasteiger partial charge in [0.2, 0.25) is 15.9 Å². The van der Waals surface area contributed by atoms with Gasteiger partial charge in [-0.2, -0.15) is 0 Å². The van der Waals surface area contributed by atoms with E-state index in [0.29, 0.717) is 17.1 Å².